The van der Waals surface area contributed by atoms with Crippen LogP contribution in [-0.2, 0) is 6.42 Å². The molecular weight excluding hydrogens is 308 g/mol. The van der Waals surface area contributed by atoms with Crippen molar-refractivity contribution >= 4 is 38.9 Å². The Bertz CT molecular complexity index is 469. The smallest absolute Gasteiger partial charge is 0.108 e. The second-order valence-corrected chi connectivity index (χ2v) is 6.22. The molecule has 0 amide bonds. The highest BCUT2D eigenvalue weighted by Gasteiger charge is 2.18. The van der Waals surface area contributed by atoms with Crippen LogP contribution in [0.4, 0.5) is 0 Å². The minimum atomic E-state index is 0.178. The molecule has 0 bridgehead atoms. The molecule has 0 saturated carbocycles. The number of furan rings is 1. The average molecular weight is 320 g/mol. The summed E-state index contributed by atoms with van der Waals surface area (Å²) in [4.78, 5) is 1.40. The Kier molecular flexibility index (Phi) is 3.77. The number of hydrogen-bond donors (Lipinski definition) is 0. The summed E-state index contributed by atoms with van der Waals surface area (Å²) < 4.78 is 6.30. The predicted molar refractivity (Wildman–Crippen MR) is 72.9 cm³/mol. The summed E-state index contributed by atoms with van der Waals surface area (Å²) >= 11 is 11.4. The number of rotatable bonds is 3. The molecule has 0 N–H and O–H groups in total. The van der Waals surface area contributed by atoms with Gasteiger partial charge in [0.2, 0.25) is 0 Å². The van der Waals surface area contributed by atoms with Gasteiger partial charge in [-0.1, -0.05) is 34.5 Å². The Hall–Kier alpha value is -0.250. The van der Waals surface area contributed by atoms with Crippen molar-refractivity contribution in [1.29, 1.82) is 0 Å². The zero-order valence-corrected chi connectivity index (χ0v) is 12.2. The first kappa shape index (κ1) is 12.2. The van der Waals surface area contributed by atoms with Crippen LogP contribution in [-0.4, -0.2) is 0 Å². The lowest BCUT2D eigenvalue weighted by Crippen LogP contribution is -1.91. The SMILES string of the molecule is CCc1occc1C(Br)c1cc(C)c(Cl)s1. The van der Waals surface area contributed by atoms with Crippen LogP contribution in [0.1, 0.15) is 33.5 Å². The fourth-order valence-corrected chi connectivity index (χ4v) is 3.66. The zero-order valence-electron chi connectivity index (χ0n) is 9.09. The van der Waals surface area contributed by atoms with E-state index < -0.39 is 0 Å². The summed E-state index contributed by atoms with van der Waals surface area (Å²) in [6, 6.07) is 4.14. The third-order valence-corrected chi connectivity index (χ3v) is 5.41. The lowest BCUT2D eigenvalue weighted by molar-refractivity contribution is 0.512. The van der Waals surface area contributed by atoms with Crippen LogP contribution in [0.25, 0.3) is 0 Å². The molecule has 0 aliphatic heterocycles. The molecule has 2 aromatic rings. The Morgan fingerprint density at radius 1 is 1.56 bits per heavy atom. The molecule has 2 rings (SSSR count). The fourth-order valence-electron chi connectivity index (χ4n) is 1.63. The third kappa shape index (κ3) is 2.22. The van der Waals surface area contributed by atoms with Gasteiger partial charge in [0.15, 0.2) is 0 Å². The Labute approximate surface area is 113 Å². The van der Waals surface area contributed by atoms with Gasteiger partial charge in [0.05, 0.1) is 15.4 Å². The molecule has 2 aromatic heterocycles. The van der Waals surface area contributed by atoms with Crippen LogP contribution in [0.3, 0.4) is 0 Å². The quantitative estimate of drug-likeness (QED) is 0.695. The number of aryl methyl sites for hydroxylation is 2. The predicted octanol–water partition coefficient (Wildman–Crippen LogP) is 5.35. The van der Waals surface area contributed by atoms with Crippen LogP contribution < -0.4 is 0 Å². The average Bonchev–Trinajstić information content (AvgIpc) is 2.85. The molecule has 86 valence electrons. The molecule has 1 unspecified atom stereocenters. The van der Waals surface area contributed by atoms with Crippen LogP contribution in [0, 0.1) is 6.92 Å². The molecule has 1 nitrogen and oxygen atoms in total. The standard InChI is InChI=1S/C12H12BrClOS/c1-3-9-8(4-5-15-9)11(13)10-6-7(2)12(14)16-10/h4-6,11H,3H2,1-2H3. The summed E-state index contributed by atoms with van der Waals surface area (Å²) in [5.41, 5.74) is 2.33. The lowest BCUT2D eigenvalue weighted by atomic mass is 10.1. The Balaban J connectivity index is 2.35. The van der Waals surface area contributed by atoms with Crippen LogP contribution in [0.15, 0.2) is 22.8 Å². The maximum absolute atomic E-state index is 6.08. The van der Waals surface area contributed by atoms with Gasteiger partial charge in [0, 0.05) is 16.9 Å². The van der Waals surface area contributed by atoms with Gasteiger partial charge in [0.1, 0.15) is 5.76 Å². The first-order valence-electron chi connectivity index (χ1n) is 5.09. The number of thiophene rings is 1. The second-order valence-electron chi connectivity index (χ2n) is 3.62. The highest BCUT2D eigenvalue weighted by molar-refractivity contribution is 9.09. The van der Waals surface area contributed by atoms with Crippen molar-refractivity contribution in [2.45, 2.75) is 25.1 Å². The molecule has 0 aliphatic rings. The van der Waals surface area contributed by atoms with Crippen LogP contribution in [0.5, 0.6) is 0 Å². The molecule has 1 atom stereocenters. The lowest BCUT2D eigenvalue weighted by Gasteiger charge is -2.06. The van der Waals surface area contributed by atoms with E-state index in [-0.39, 0.29) is 4.83 Å². The highest BCUT2D eigenvalue weighted by atomic mass is 79.9. The van der Waals surface area contributed by atoms with Gasteiger partial charge in [-0.25, -0.2) is 0 Å². The minimum absolute atomic E-state index is 0.178. The molecular formula is C12H12BrClOS. The molecule has 0 aromatic carbocycles. The molecule has 16 heavy (non-hydrogen) atoms. The van der Waals surface area contributed by atoms with Gasteiger partial charge in [0.25, 0.3) is 0 Å². The van der Waals surface area contributed by atoms with Crippen molar-refractivity contribution < 1.29 is 4.42 Å². The first-order chi connectivity index (χ1) is 7.63. The number of alkyl halides is 1. The van der Waals surface area contributed by atoms with Crippen molar-refractivity contribution in [2.75, 3.05) is 0 Å². The van der Waals surface area contributed by atoms with E-state index in [2.05, 4.69) is 28.9 Å². The van der Waals surface area contributed by atoms with Gasteiger partial charge in [-0.15, -0.1) is 11.3 Å². The Morgan fingerprint density at radius 2 is 2.31 bits per heavy atom. The maximum atomic E-state index is 6.08. The maximum Gasteiger partial charge on any atom is 0.108 e. The third-order valence-electron chi connectivity index (χ3n) is 2.50. The summed E-state index contributed by atoms with van der Waals surface area (Å²) in [5, 5.41) is 0. The van der Waals surface area contributed by atoms with E-state index in [9.17, 15) is 0 Å². The van der Waals surface area contributed by atoms with E-state index in [0.29, 0.717) is 0 Å². The van der Waals surface area contributed by atoms with Gasteiger partial charge < -0.3 is 4.42 Å². The van der Waals surface area contributed by atoms with Crippen molar-refractivity contribution in [3.63, 3.8) is 0 Å². The van der Waals surface area contributed by atoms with Gasteiger partial charge >= 0.3 is 0 Å². The number of hydrogen-bond acceptors (Lipinski definition) is 2. The van der Waals surface area contributed by atoms with Gasteiger partial charge in [-0.05, 0) is 24.6 Å². The van der Waals surface area contributed by atoms with Gasteiger partial charge in [-0.2, -0.15) is 0 Å². The van der Waals surface area contributed by atoms with E-state index in [1.54, 1.807) is 17.6 Å². The molecule has 0 saturated heterocycles. The van der Waals surface area contributed by atoms with Crippen molar-refractivity contribution in [3.05, 3.63) is 44.5 Å². The number of halogens is 2. The largest absolute Gasteiger partial charge is 0.469 e. The van der Waals surface area contributed by atoms with E-state index in [1.165, 1.54) is 10.4 Å². The van der Waals surface area contributed by atoms with E-state index in [1.807, 2.05) is 13.0 Å². The second kappa shape index (κ2) is 4.94. The van der Waals surface area contributed by atoms with E-state index in [0.717, 1.165) is 22.1 Å². The van der Waals surface area contributed by atoms with Crippen LogP contribution in [0.2, 0.25) is 4.34 Å². The summed E-state index contributed by atoms with van der Waals surface area (Å²) in [7, 11) is 0. The monoisotopic (exact) mass is 318 g/mol. The van der Waals surface area contributed by atoms with Crippen molar-refractivity contribution in [1.82, 2.24) is 0 Å². The van der Waals surface area contributed by atoms with Crippen molar-refractivity contribution in [2.24, 2.45) is 0 Å². The molecule has 2 heterocycles. The zero-order chi connectivity index (χ0) is 11.7. The van der Waals surface area contributed by atoms with Gasteiger partial charge in [-0.3, -0.25) is 0 Å². The van der Waals surface area contributed by atoms with Crippen molar-refractivity contribution in [3.8, 4) is 0 Å². The van der Waals surface area contributed by atoms with E-state index >= 15 is 0 Å². The molecule has 0 radical (unpaired) electrons. The van der Waals surface area contributed by atoms with Crippen LogP contribution >= 0.6 is 38.9 Å². The fraction of sp³-hybridized carbons (Fsp3) is 0.333. The summed E-state index contributed by atoms with van der Waals surface area (Å²) in [6.07, 6.45) is 2.65. The summed E-state index contributed by atoms with van der Waals surface area (Å²) in [6.45, 7) is 4.12. The normalized spacial score (nSPS) is 13.0. The minimum Gasteiger partial charge on any atom is -0.469 e. The molecule has 0 fully saturated rings. The summed E-state index contributed by atoms with van der Waals surface area (Å²) in [5.74, 6) is 1.03. The highest BCUT2D eigenvalue weighted by Crippen LogP contribution is 2.40. The Morgan fingerprint density at radius 3 is 2.88 bits per heavy atom. The molecule has 0 spiro atoms. The molecule has 4 heteroatoms. The van der Waals surface area contributed by atoms with E-state index in [4.69, 9.17) is 16.0 Å². The molecule has 0 aliphatic carbocycles. The first-order valence-corrected chi connectivity index (χ1v) is 7.20. The topological polar surface area (TPSA) is 13.1 Å².